The Balaban J connectivity index is 1.21. The second-order valence-electron chi connectivity index (χ2n) is 13.7. The molecule has 0 amide bonds. The number of hydrogen-bond donors (Lipinski definition) is 0. The Kier molecular flexibility index (Phi) is 7.55. The quantitative estimate of drug-likeness (QED) is 0.159. The molecular formula is C52H35N. The number of rotatable bonds is 6. The van der Waals surface area contributed by atoms with Crippen molar-refractivity contribution in [2.45, 2.75) is 0 Å². The first-order valence-corrected chi connectivity index (χ1v) is 18.3. The zero-order valence-corrected chi connectivity index (χ0v) is 29.2. The first kappa shape index (κ1) is 30.8. The second-order valence-corrected chi connectivity index (χ2v) is 13.7. The molecule has 0 atom stereocenters. The highest BCUT2D eigenvalue weighted by molar-refractivity contribution is 6.29. The van der Waals surface area contributed by atoms with Crippen LogP contribution >= 0.6 is 0 Å². The van der Waals surface area contributed by atoms with E-state index in [-0.39, 0.29) is 0 Å². The van der Waals surface area contributed by atoms with E-state index in [4.69, 9.17) is 0 Å². The molecule has 53 heavy (non-hydrogen) atoms. The van der Waals surface area contributed by atoms with E-state index in [9.17, 15) is 0 Å². The lowest BCUT2D eigenvalue weighted by molar-refractivity contribution is 1.28. The lowest BCUT2D eigenvalue weighted by Crippen LogP contribution is -2.10. The predicted octanol–water partition coefficient (Wildman–Crippen LogP) is 14.8. The fourth-order valence-electron chi connectivity index (χ4n) is 8.09. The lowest BCUT2D eigenvalue weighted by Gasteiger charge is -2.27. The number of anilines is 3. The van der Waals surface area contributed by atoms with Crippen LogP contribution in [-0.2, 0) is 0 Å². The van der Waals surface area contributed by atoms with Gasteiger partial charge in [0.15, 0.2) is 0 Å². The van der Waals surface area contributed by atoms with Gasteiger partial charge in [0.25, 0.3) is 0 Å². The third kappa shape index (κ3) is 5.51. The Morgan fingerprint density at radius 3 is 1.32 bits per heavy atom. The summed E-state index contributed by atoms with van der Waals surface area (Å²) < 4.78 is 0. The van der Waals surface area contributed by atoms with Crippen molar-refractivity contribution in [1.29, 1.82) is 0 Å². The normalized spacial score (nSPS) is 11.4. The first-order valence-electron chi connectivity index (χ1n) is 18.3. The average molecular weight is 674 g/mol. The number of benzene rings is 10. The monoisotopic (exact) mass is 673 g/mol. The molecular weight excluding hydrogens is 639 g/mol. The van der Waals surface area contributed by atoms with E-state index in [1.54, 1.807) is 0 Å². The molecule has 10 aromatic carbocycles. The summed E-state index contributed by atoms with van der Waals surface area (Å²) in [6.45, 7) is 0. The molecule has 0 unspecified atom stereocenters. The third-order valence-corrected chi connectivity index (χ3v) is 10.6. The summed E-state index contributed by atoms with van der Waals surface area (Å²) in [5.74, 6) is 0. The summed E-state index contributed by atoms with van der Waals surface area (Å²) in [6.07, 6.45) is 0. The van der Waals surface area contributed by atoms with Crippen molar-refractivity contribution in [1.82, 2.24) is 0 Å². The van der Waals surface area contributed by atoms with Crippen molar-refractivity contribution in [3.63, 3.8) is 0 Å². The van der Waals surface area contributed by atoms with Crippen LogP contribution in [0.5, 0.6) is 0 Å². The SMILES string of the molecule is c1ccc(-c2cccc(N(c3cccc(-c4ccccc4)c3)c3cccc(-c4cc5ccccc5c5c4ccc4ccc6ccccc6c45)c3)c2)cc1. The molecule has 0 bridgehead atoms. The van der Waals surface area contributed by atoms with Gasteiger partial charge in [-0.3, -0.25) is 0 Å². The van der Waals surface area contributed by atoms with Gasteiger partial charge in [0.2, 0.25) is 0 Å². The van der Waals surface area contributed by atoms with Crippen molar-refractivity contribution < 1.29 is 0 Å². The molecule has 0 aliphatic heterocycles. The minimum atomic E-state index is 1.10. The molecule has 248 valence electrons. The van der Waals surface area contributed by atoms with Gasteiger partial charge in [0.1, 0.15) is 0 Å². The van der Waals surface area contributed by atoms with Gasteiger partial charge in [-0.05, 0) is 119 Å². The van der Waals surface area contributed by atoms with Gasteiger partial charge < -0.3 is 4.90 Å². The Labute approximate surface area is 309 Å². The third-order valence-electron chi connectivity index (χ3n) is 10.6. The number of hydrogen-bond acceptors (Lipinski definition) is 1. The van der Waals surface area contributed by atoms with Crippen LogP contribution in [0.25, 0.3) is 76.5 Å². The molecule has 1 nitrogen and oxygen atoms in total. The molecule has 0 aromatic heterocycles. The van der Waals surface area contributed by atoms with Crippen molar-refractivity contribution in [2.75, 3.05) is 4.90 Å². The zero-order valence-electron chi connectivity index (χ0n) is 29.2. The molecule has 0 N–H and O–H groups in total. The van der Waals surface area contributed by atoms with E-state index < -0.39 is 0 Å². The van der Waals surface area contributed by atoms with Crippen LogP contribution in [0, 0.1) is 0 Å². The fourth-order valence-corrected chi connectivity index (χ4v) is 8.09. The number of nitrogens with zero attached hydrogens (tertiary/aromatic N) is 1. The molecule has 0 fully saturated rings. The van der Waals surface area contributed by atoms with E-state index in [2.05, 4.69) is 217 Å². The maximum atomic E-state index is 2.40. The summed E-state index contributed by atoms with van der Waals surface area (Å²) in [4.78, 5) is 2.40. The molecule has 0 radical (unpaired) electrons. The van der Waals surface area contributed by atoms with Crippen molar-refractivity contribution >= 4 is 60.2 Å². The molecule has 1 heteroatoms. The molecule has 0 saturated heterocycles. The number of fused-ring (bicyclic) bond motifs is 7. The smallest absolute Gasteiger partial charge is 0.0467 e. The Hall–Kier alpha value is -6.96. The summed E-state index contributed by atoms with van der Waals surface area (Å²) in [6, 6.07) is 77.2. The summed E-state index contributed by atoms with van der Waals surface area (Å²) in [5, 5.41) is 10.2. The predicted molar refractivity (Wildman–Crippen MR) is 227 cm³/mol. The Morgan fingerprint density at radius 2 is 0.698 bits per heavy atom. The molecule has 0 aliphatic carbocycles. The molecule has 0 aliphatic rings. The summed E-state index contributed by atoms with van der Waals surface area (Å²) >= 11 is 0. The lowest BCUT2D eigenvalue weighted by atomic mass is 9.88. The van der Waals surface area contributed by atoms with E-state index >= 15 is 0 Å². The van der Waals surface area contributed by atoms with Gasteiger partial charge in [0, 0.05) is 17.1 Å². The van der Waals surface area contributed by atoms with Gasteiger partial charge in [-0.2, -0.15) is 0 Å². The van der Waals surface area contributed by atoms with Crippen LogP contribution in [-0.4, -0.2) is 0 Å². The van der Waals surface area contributed by atoms with Gasteiger partial charge in [0.05, 0.1) is 0 Å². The summed E-state index contributed by atoms with van der Waals surface area (Å²) in [5.41, 5.74) is 10.5. The van der Waals surface area contributed by atoms with Gasteiger partial charge in [-0.1, -0.05) is 170 Å². The van der Waals surface area contributed by atoms with Crippen LogP contribution < -0.4 is 4.90 Å². The summed E-state index contributed by atoms with van der Waals surface area (Å²) in [7, 11) is 0. The van der Waals surface area contributed by atoms with Crippen LogP contribution in [0.15, 0.2) is 212 Å². The van der Waals surface area contributed by atoms with Gasteiger partial charge >= 0.3 is 0 Å². The molecule has 10 aromatic rings. The Bertz CT molecular complexity index is 2860. The van der Waals surface area contributed by atoms with Crippen molar-refractivity contribution in [2.24, 2.45) is 0 Å². The first-order chi connectivity index (χ1) is 26.3. The largest absolute Gasteiger partial charge is 0.310 e. The van der Waals surface area contributed by atoms with Gasteiger partial charge in [-0.15, -0.1) is 0 Å². The molecule has 10 rings (SSSR count). The van der Waals surface area contributed by atoms with Crippen LogP contribution in [0.2, 0.25) is 0 Å². The highest BCUT2D eigenvalue weighted by Gasteiger charge is 2.18. The fraction of sp³-hybridized carbons (Fsp3) is 0. The molecule has 0 saturated carbocycles. The molecule has 0 spiro atoms. The highest BCUT2D eigenvalue weighted by atomic mass is 15.1. The maximum absolute atomic E-state index is 2.40. The minimum Gasteiger partial charge on any atom is -0.310 e. The van der Waals surface area contributed by atoms with Crippen molar-refractivity contribution in [3.05, 3.63) is 212 Å². The average Bonchev–Trinajstić information content (AvgIpc) is 3.24. The maximum Gasteiger partial charge on any atom is 0.0467 e. The van der Waals surface area contributed by atoms with E-state index in [1.807, 2.05) is 0 Å². The minimum absolute atomic E-state index is 1.10. The van der Waals surface area contributed by atoms with Crippen LogP contribution in [0.3, 0.4) is 0 Å². The standard InChI is InChI=1S/C52H35N/c1-3-14-36(15-4-1)40-20-11-23-44(32-40)53(45-24-12-21-41(33-45)37-16-5-2-6-17-37)46-25-13-22-42(34-46)50-35-43-19-8-10-27-48(43)52-49(50)31-30-39-29-28-38-18-7-9-26-47(38)51(39)52/h1-35H. The Morgan fingerprint density at radius 1 is 0.245 bits per heavy atom. The van der Waals surface area contributed by atoms with Crippen LogP contribution in [0.4, 0.5) is 17.1 Å². The second kappa shape index (κ2) is 13.0. The van der Waals surface area contributed by atoms with Gasteiger partial charge in [-0.25, -0.2) is 0 Å². The van der Waals surface area contributed by atoms with E-state index in [0.717, 1.165) is 17.1 Å². The highest BCUT2D eigenvalue weighted by Crippen LogP contribution is 2.44. The van der Waals surface area contributed by atoms with E-state index in [1.165, 1.54) is 76.5 Å². The topological polar surface area (TPSA) is 3.24 Å². The van der Waals surface area contributed by atoms with Crippen molar-refractivity contribution in [3.8, 4) is 33.4 Å². The van der Waals surface area contributed by atoms with E-state index in [0.29, 0.717) is 0 Å². The zero-order chi connectivity index (χ0) is 35.1. The molecule has 0 heterocycles. The van der Waals surface area contributed by atoms with Crippen LogP contribution in [0.1, 0.15) is 0 Å².